The molecule has 3 aromatic rings. The summed E-state index contributed by atoms with van der Waals surface area (Å²) in [4.78, 5) is 4.66. The summed E-state index contributed by atoms with van der Waals surface area (Å²) in [6, 6.07) is 12.4. The Morgan fingerprint density at radius 1 is 1.18 bits per heavy atom. The van der Waals surface area contributed by atoms with Crippen molar-refractivity contribution in [2.75, 3.05) is 6.61 Å². The molecule has 1 aromatic heterocycles. The first-order valence-corrected chi connectivity index (χ1v) is 9.98. The molecular formula is C24H30N2O2. The van der Waals surface area contributed by atoms with Gasteiger partial charge in [0.15, 0.2) is 0 Å². The fraction of sp³-hybridized carbons (Fsp3) is 0.375. The van der Waals surface area contributed by atoms with Crippen LogP contribution in [0.25, 0.3) is 11.0 Å². The van der Waals surface area contributed by atoms with Gasteiger partial charge in [-0.1, -0.05) is 24.3 Å². The highest BCUT2D eigenvalue weighted by atomic mass is 16.5. The van der Waals surface area contributed by atoms with Gasteiger partial charge in [-0.05, 0) is 74.9 Å². The SMILES string of the molecule is C=CCc1ccccc1OCCCCn1c(C(C)O)nc2cc(C)c(C)cc21. The van der Waals surface area contributed by atoms with Crippen LogP contribution < -0.4 is 4.74 Å². The average molecular weight is 379 g/mol. The van der Waals surface area contributed by atoms with Crippen LogP contribution in [0.1, 0.15) is 48.4 Å². The van der Waals surface area contributed by atoms with Gasteiger partial charge in [0, 0.05) is 6.54 Å². The molecule has 0 aliphatic rings. The first-order chi connectivity index (χ1) is 13.5. The van der Waals surface area contributed by atoms with Crippen molar-refractivity contribution >= 4 is 11.0 Å². The Morgan fingerprint density at radius 2 is 1.93 bits per heavy atom. The van der Waals surface area contributed by atoms with Gasteiger partial charge in [0.1, 0.15) is 17.7 Å². The van der Waals surface area contributed by atoms with Crippen LogP contribution in [-0.4, -0.2) is 21.3 Å². The Labute approximate surface area is 167 Å². The summed E-state index contributed by atoms with van der Waals surface area (Å²) in [5.74, 6) is 1.67. The Hall–Kier alpha value is -2.59. The number of aromatic nitrogens is 2. The van der Waals surface area contributed by atoms with Gasteiger partial charge in [-0.2, -0.15) is 0 Å². The molecule has 1 N–H and O–H groups in total. The van der Waals surface area contributed by atoms with E-state index in [0.717, 1.165) is 48.4 Å². The van der Waals surface area contributed by atoms with Crippen molar-refractivity contribution in [1.29, 1.82) is 0 Å². The number of hydrogen-bond acceptors (Lipinski definition) is 3. The summed E-state index contributed by atoms with van der Waals surface area (Å²) in [6.07, 6.45) is 4.02. The number of fused-ring (bicyclic) bond motifs is 1. The number of hydrogen-bond donors (Lipinski definition) is 1. The molecule has 148 valence electrons. The van der Waals surface area contributed by atoms with Gasteiger partial charge >= 0.3 is 0 Å². The quantitative estimate of drug-likeness (QED) is 0.406. The summed E-state index contributed by atoms with van der Waals surface area (Å²) in [7, 11) is 0. The molecule has 1 atom stereocenters. The maximum absolute atomic E-state index is 10.2. The Kier molecular flexibility index (Phi) is 6.53. The third kappa shape index (κ3) is 4.45. The second-order valence-corrected chi connectivity index (χ2v) is 7.38. The number of rotatable bonds is 9. The smallest absolute Gasteiger partial charge is 0.138 e. The second-order valence-electron chi connectivity index (χ2n) is 7.38. The molecule has 0 aliphatic carbocycles. The maximum atomic E-state index is 10.2. The number of unbranched alkanes of at least 4 members (excludes halogenated alkanes) is 1. The van der Waals surface area contributed by atoms with Crippen molar-refractivity contribution in [2.45, 2.75) is 52.7 Å². The lowest BCUT2D eigenvalue weighted by molar-refractivity contribution is 0.184. The molecule has 1 unspecified atom stereocenters. The second kappa shape index (κ2) is 9.07. The number of allylic oxidation sites excluding steroid dienone is 1. The maximum Gasteiger partial charge on any atom is 0.138 e. The van der Waals surface area contributed by atoms with Crippen molar-refractivity contribution < 1.29 is 9.84 Å². The molecule has 4 nitrogen and oxygen atoms in total. The van der Waals surface area contributed by atoms with Crippen LogP contribution in [0.5, 0.6) is 5.75 Å². The number of ether oxygens (including phenoxy) is 1. The van der Waals surface area contributed by atoms with E-state index in [0.29, 0.717) is 6.61 Å². The average Bonchev–Trinajstić information content (AvgIpc) is 3.01. The monoisotopic (exact) mass is 378 g/mol. The van der Waals surface area contributed by atoms with E-state index < -0.39 is 6.10 Å². The highest BCUT2D eigenvalue weighted by Crippen LogP contribution is 2.25. The van der Waals surface area contributed by atoms with Crippen LogP contribution in [0.15, 0.2) is 49.1 Å². The summed E-state index contributed by atoms with van der Waals surface area (Å²) in [6.45, 7) is 11.3. The van der Waals surface area contributed by atoms with Gasteiger partial charge in [-0.3, -0.25) is 0 Å². The number of imidazole rings is 1. The molecule has 0 spiro atoms. The molecule has 0 radical (unpaired) electrons. The molecule has 4 heteroatoms. The van der Waals surface area contributed by atoms with E-state index in [1.165, 1.54) is 16.7 Å². The van der Waals surface area contributed by atoms with Crippen molar-refractivity contribution in [1.82, 2.24) is 9.55 Å². The van der Waals surface area contributed by atoms with Gasteiger partial charge in [-0.15, -0.1) is 6.58 Å². The largest absolute Gasteiger partial charge is 0.493 e. The molecule has 0 fully saturated rings. The summed E-state index contributed by atoms with van der Waals surface area (Å²) >= 11 is 0. The van der Waals surface area contributed by atoms with Crippen LogP contribution in [0.3, 0.4) is 0 Å². The molecule has 0 saturated heterocycles. The molecule has 3 rings (SSSR count). The van der Waals surface area contributed by atoms with Crippen LogP contribution in [0.2, 0.25) is 0 Å². The molecule has 2 aromatic carbocycles. The van der Waals surface area contributed by atoms with E-state index in [-0.39, 0.29) is 0 Å². The van der Waals surface area contributed by atoms with E-state index in [2.05, 4.69) is 48.2 Å². The van der Waals surface area contributed by atoms with E-state index in [4.69, 9.17) is 4.74 Å². The standard InChI is InChI=1S/C24H30N2O2/c1-5-10-20-11-6-7-12-23(20)28-14-9-8-13-26-22-16-18(3)17(2)15-21(22)25-24(26)19(4)27/h5-7,11-12,15-16,19,27H,1,8-10,13-14H2,2-4H3. The fourth-order valence-electron chi connectivity index (χ4n) is 3.48. The number of aliphatic hydroxyl groups is 1. The molecule has 0 aliphatic heterocycles. The number of benzene rings is 2. The van der Waals surface area contributed by atoms with Crippen LogP contribution >= 0.6 is 0 Å². The molecular weight excluding hydrogens is 348 g/mol. The van der Waals surface area contributed by atoms with Crippen LogP contribution in [0.4, 0.5) is 0 Å². The normalized spacial score (nSPS) is 12.3. The number of aryl methyl sites for hydroxylation is 3. The minimum atomic E-state index is -0.588. The van der Waals surface area contributed by atoms with Crippen molar-refractivity contribution in [3.63, 3.8) is 0 Å². The minimum Gasteiger partial charge on any atom is -0.493 e. The number of para-hydroxylation sites is 1. The molecule has 1 heterocycles. The molecule has 0 saturated carbocycles. The van der Waals surface area contributed by atoms with Gasteiger partial charge in [0.05, 0.1) is 17.6 Å². The van der Waals surface area contributed by atoms with Crippen molar-refractivity contribution in [2.24, 2.45) is 0 Å². The van der Waals surface area contributed by atoms with Gasteiger partial charge < -0.3 is 14.4 Å². The van der Waals surface area contributed by atoms with Gasteiger partial charge in [-0.25, -0.2) is 4.98 Å². The van der Waals surface area contributed by atoms with Crippen LogP contribution in [0, 0.1) is 13.8 Å². The van der Waals surface area contributed by atoms with Gasteiger partial charge in [0.25, 0.3) is 0 Å². The molecule has 0 bridgehead atoms. The lowest BCUT2D eigenvalue weighted by Gasteiger charge is -2.13. The highest BCUT2D eigenvalue weighted by Gasteiger charge is 2.15. The molecule has 0 amide bonds. The third-order valence-corrected chi connectivity index (χ3v) is 5.14. The summed E-state index contributed by atoms with van der Waals surface area (Å²) < 4.78 is 8.14. The first-order valence-electron chi connectivity index (χ1n) is 9.98. The minimum absolute atomic E-state index is 0.588. The molecule has 28 heavy (non-hydrogen) atoms. The lowest BCUT2D eigenvalue weighted by atomic mass is 10.1. The zero-order valence-corrected chi connectivity index (χ0v) is 17.1. The predicted octanol–water partition coefficient (Wildman–Crippen LogP) is 5.29. The summed E-state index contributed by atoms with van der Waals surface area (Å²) in [5.41, 5.74) is 5.68. The zero-order chi connectivity index (χ0) is 20.1. The Balaban J connectivity index is 1.65. The number of aliphatic hydroxyl groups excluding tert-OH is 1. The Bertz CT molecular complexity index is 957. The first kappa shape index (κ1) is 20.2. The van der Waals surface area contributed by atoms with E-state index in [9.17, 15) is 5.11 Å². The van der Waals surface area contributed by atoms with Crippen molar-refractivity contribution in [3.8, 4) is 5.75 Å². The number of nitrogens with zero attached hydrogens (tertiary/aromatic N) is 2. The third-order valence-electron chi connectivity index (χ3n) is 5.14. The van der Waals surface area contributed by atoms with Gasteiger partial charge in [0.2, 0.25) is 0 Å². The topological polar surface area (TPSA) is 47.3 Å². The lowest BCUT2D eigenvalue weighted by Crippen LogP contribution is -2.08. The zero-order valence-electron chi connectivity index (χ0n) is 17.1. The predicted molar refractivity (Wildman–Crippen MR) is 115 cm³/mol. The fourth-order valence-corrected chi connectivity index (χ4v) is 3.48. The van der Waals surface area contributed by atoms with E-state index >= 15 is 0 Å². The Morgan fingerprint density at radius 3 is 2.68 bits per heavy atom. The summed E-state index contributed by atoms with van der Waals surface area (Å²) in [5, 5.41) is 10.2. The highest BCUT2D eigenvalue weighted by molar-refractivity contribution is 5.78. The van der Waals surface area contributed by atoms with Crippen LogP contribution in [-0.2, 0) is 13.0 Å². The van der Waals surface area contributed by atoms with Crippen molar-refractivity contribution in [3.05, 3.63) is 71.6 Å². The van der Waals surface area contributed by atoms with E-state index in [1.807, 2.05) is 24.3 Å². The van der Waals surface area contributed by atoms with E-state index in [1.54, 1.807) is 6.92 Å².